The molecule has 4 amide bonds. The van der Waals surface area contributed by atoms with Gasteiger partial charge in [-0.25, -0.2) is 4.79 Å². The van der Waals surface area contributed by atoms with Crippen molar-refractivity contribution in [2.24, 2.45) is 17.4 Å². The molecule has 0 fully saturated rings. The first kappa shape index (κ1) is 26.7. The van der Waals surface area contributed by atoms with E-state index in [1.807, 2.05) is 13.2 Å². The van der Waals surface area contributed by atoms with E-state index in [9.17, 15) is 24.0 Å². The highest BCUT2D eigenvalue weighted by molar-refractivity contribution is 7.98. The molecule has 166 valence electrons. The minimum Gasteiger partial charge on any atom is -0.480 e. The molecule has 0 saturated heterocycles. The number of carbonyl (C=O) groups excluding carboxylic acids is 4. The lowest BCUT2D eigenvalue weighted by Gasteiger charge is -2.27. The number of carboxylic acid groups (broad SMARTS) is 1. The highest BCUT2D eigenvalue weighted by Crippen LogP contribution is 2.10. The van der Waals surface area contributed by atoms with E-state index < -0.39 is 54.1 Å². The summed E-state index contributed by atoms with van der Waals surface area (Å²) in [5, 5.41) is 16.5. The van der Waals surface area contributed by atoms with Gasteiger partial charge in [0.25, 0.3) is 0 Å². The number of carbonyl (C=O) groups is 5. The van der Waals surface area contributed by atoms with Crippen molar-refractivity contribution in [3.05, 3.63) is 0 Å². The molecule has 0 aromatic heterocycles. The van der Waals surface area contributed by atoms with Crippen molar-refractivity contribution in [2.75, 3.05) is 18.6 Å². The lowest BCUT2D eigenvalue weighted by atomic mass is 9.97. The lowest BCUT2D eigenvalue weighted by molar-refractivity contribution is -0.143. The molecular weight excluding hydrogens is 402 g/mol. The van der Waals surface area contributed by atoms with E-state index in [0.29, 0.717) is 12.2 Å². The minimum atomic E-state index is -1.50. The summed E-state index contributed by atoms with van der Waals surface area (Å²) in [5.74, 6) is -3.86. The van der Waals surface area contributed by atoms with Gasteiger partial charge in [0.2, 0.25) is 23.6 Å². The molecule has 0 rings (SSSR count). The maximum absolute atomic E-state index is 12.7. The molecule has 0 heterocycles. The van der Waals surface area contributed by atoms with Gasteiger partial charge in [-0.2, -0.15) is 11.8 Å². The van der Waals surface area contributed by atoms with Crippen LogP contribution in [0.4, 0.5) is 0 Å². The summed E-state index contributed by atoms with van der Waals surface area (Å²) in [6, 6.07) is -3.46. The van der Waals surface area contributed by atoms with E-state index in [1.165, 1.54) is 11.8 Å². The van der Waals surface area contributed by atoms with Crippen LogP contribution in [-0.2, 0) is 24.0 Å². The molecule has 0 aromatic carbocycles. The first-order valence-electron chi connectivity index (χ1n) is 9.17. The fraction of sp³-hybridized carbons (Fsp3) is 0.706. The number of primary amides is 1. The van der Waals surface area contributed by atoms with Crippen LogP contribution in [0.1, 0.15) is 33.1 Å². The van der Waals surface area contributed by atoms with Crippen molar-refractivity contribution < 1.29 is 29.1 Å². The van der Waals surface area contributed by atoms with Crippen LogP contribution in [0.25, 0.3) is 0 Å². The third-order valence-corrected chi connectivity index (χ3v) is 4.90. The highest BCUT2D eigenvalue weighted by atomic mass is 32.2. The molecule has 0 aliphatic heterocycles. The van der Waals surface area contributed by atoms with Crippen LogP contribution < -0.4 is 27.4 Å². The number of carboxylic acids is 1. The average Bonchev–Trinajstić information content (AvgIpc) is 2.66. The smallest absolute Gasteiger partial charge is 0.326 e. The van der Waals surface area contributed by atoms with Crippen LogP contribution >= 0.6 is 11.8 Å². The summed E-state index contributed by atoms with van der Waals surface area (Å²) in [4.78, 5) is 59.2. The number of hydrogen-bond acceptors (Lipinski definition) is 7. The second-order valence-electron chi connectivity index (χ2n) is 6.55. The second-order valence-corrected chi connectivity index (χ2v) is 7.53. The Labute approximate surface area is 174 Å². The first-order valence-corrected chi connectivity index (χ1v) is 10.6. The number of thioether (sulfide) groups is 1. The summed E-state index contributed by atoms with van der Waals surface area (Å²) < 4.78 is 0. The summed E-state index contributed by atoms with van der Waals surface area (Å²) in [5.41, 5.74) is 10.3. The Balaban J connectivity index is 5.38. The van der Waals surface area contributed by atoms with E-state index in [0.717, 1.165) is 0 Å². The quantitative estimate of drug-likeness (QED) is 0.184. The van der Waals surface area contributed by atoms with Crippen LogP contribution in [0.2, 0.25) is 0 Å². The van der Waals surface area contributed by atoms with Crippen molar-refractivity contribution in [1.82, 2.24) is 16.0 Å². The molecule has 0 saturated carbocycles. The highest BCUT2D eigenvalue weighted by Gasteiger charge is 2.31. The Bertz CT molecular complexity index is 603. The van der Waals surface area contributed by atoms with E-state index in [-0.39, 0.29) is 18.9 Å². The predicted molar refractivity (Wildman–Crippen MR) is 109 cm³/mol. The Morgan fingerprint density at radius 3 is 2.07 bits per heavy atom. The number of aliphatic carboxylic acids is 1. The van der Waals surface area contributed by atoms with Crippen molar-refractivity contribution in [2.45, 2.75) is 51.2 Å². The number of nitrogens with two attached hydrogens (primary N) is 2. The zero-order valence-corrected chi connectivity index (χ0v) is 17.7. The molecule has 0 bridgehead atoms. The van der Waals surface area contributed by atoms with E-state index >= 15 is 0 Å². The molecule has 0 aliphatic rings. The zero-order valence-electron chi connectivity index (χ0n) is 16.9. The van der Waals surface area contributed by atoms with E-state index in [1.54, 1.807) is 6.92 Å². The molecule has 4 atom stereocenters. The summed E-state index contributed by atoms with van der Waals surface area (Å²) >= 11 is 1.44. The van der Waals surface area contributed by atoms with Gasteiger partial charge < -0.3 is 32.5 Å². The zero-order chi connectivity index (χ0) is 22.6. The number of hydrogen-bond donors (Lipinski definition) is 6. The van der Waals surface area contributed by atoms with Crippen LogP contribution in [0.3, 0.4) is 0 Å². The Morgan fingerprint density at radius 1 is 1.03 bits per heavy atom. The average molecular weight is 434 g/mol. The van der Waals surface area contributed by atoms with Gasteiger partial charge in [-0.05, 0) is 24.3 Å². The Kier molecular flexibility index (Phi) is 12.7. The molecule has 4 unspecified atom stereocenters. The molecule has 0 radical (unpaired) electrons. The molecule has 8 N–H and O–H groups in total. The second kappa shape index (κ2) is 13.8. The number of nitrogens with one attached hydrogen (secondary N) is 3. The van der Waals surface area contributed by atoms with Crippen LogP contribution in [0.15, 0.2) is 0 Å². The molecule has 11 nitrogen and oxygen atoms in total. The van der Waals surface area contributed by atoms with Gasteiger partial charge in [-0.3, -0.25) is 19.2 Å². The predicted octanol–water partition coefficient (Wildman–Crippen LogP) is -1.84. The number of rotatable bonds is 14. The van der Waals surface area contributed by atoms with Gasteiger partial charge in [0.1, 0.15) is 18.1 Å². The van der Waals surface area contributed by atoms with Gasteiger partial charge in [0, 0.05) is 0 Å². The third kappa shape index (κ3) is 10.1. The molecule has 12 heteroatoms. The molecular formula is C17H31N5O6S. The largest absolute Gasteiger partial charge is 0.480 e. The minimum absolute atomic E-state index is 0.222. The SMILES string of the molecule is CCC(C)C(NC(=O)CN)C(=O)NC(CCSC)C(=O)NC(CC(N)=O)C(=O)O. The van der Waals surface area contributed by atoms with Crippen molar-refractivity contribution in [1.29, 1.82) is 0 Å². The summed E-state index contributed by atoms with van der Waals surface area (Å²) in [6.45, 7) is 3.33. The van der Waals surface area contributed by atoms with E-state index in [4.69, 9.17) is 16.6 Å². The number of amides is 4. The summed E-state index contributed by atoms with van der Waals surface area (Å²) in [6.07, 6.45) is 2.05. The fourth-order valence-corrected chi connectivity index (χ4v) is 2.85. The summed E-state index contributed by atoms with van der Waals surface area (Å²) in [7, 11) is 0. The topological polar surface area (TPSA) is 194 Å². The van der Waals surface area contributed by atoms with Gasteiger partial charge >= 0.3 is 5.97 Å². The van der Waals surface area contributed by atoms with Gasteiger partial charge in [0.15, 0.2) is 0 Å². The monoisotopic (exact) mass is 433 g/mol. The molecule has 0 spiro atoms. The fourth-order valence-electron chi connectivity index (χ4n) is 2.37. The van der Waals surface area contributed by atoms with Gasteiger partial charge in [-0.1, -0.05) is 20.3 Å². The standard InChI is InChI=1S/C17H31N5O6S/c1-4-9(2)14(22-13(24)8-18)16(26)20-10(5-6-29-3)15(25)21-11(17(27)28)7-12(19)23/h9-11,14H,4-8,18H2,1-3H3,(H2,19,23)(H,20,26)(H,21,25)(H,22,24)(H,27,28). The normalized spacial score (nSPS) is 14.8. The molecule has 29 heavy (non-hydrogen) atoms. The third-order valence-electron chi connectivity index (χ3n) is 4.26. The van der Waals surface area contributed by atoms with Gasteiger partial charge in [-0.15, -0.1) is 0 Å². The van der Waals surface area contributed by atoms with Crippen LogP contribution in [0, 0.1) is 5.92 Å². The Morgan fingerprint density at radius 2 is 1.62 bits per heavy atom. The van der Waals surface area contributed by atoms with Crippen molar-refractivity contribution in [3.8, 4) is 0 Å². The maximum atomic E-state index is 12.7. The maximum Gasteiger partial charge on any atom is 0.326 e. The van der Waals surface area contributed by atoms with E-state index in [2.05, 4.69) is 16.0 Å². The first-order chi connectivity index (χ1) is 13.6. The van der Waals surface area contributed by atoms with Crippen LogP contribution in [-0.4, -0.2) is 71.4 Å². The van der Waals surface area contributed by atoms with Crippen molar-refractivity contribution in [3.63, 3.8) is 0 Å². The van der Waals surface area contributed by atoms with Crippen molar-refractivity contribution >= 4 is 41.4 Å². The molecule has 0 aliphatic carbocycles. The molecule has 0 aromatic rings. The van der Waals surface area contributed by atoms with Crippen LogP contribution in [0.5, 0.6) is 0 Å². The van der Waals surface area contributed by atoms with Gasteiger partial charge in [0.05, 0.1) is 13.0 Å². The Hall–Kier alpha value is -2.34. The lowest BCUT2D eigenvalue weighted by Crippen LogP contribution is -2.58.